The van der Waals surface area contributed by atoms with Gasteiger partial charge in [-0.3, -0.25) is 14.5 Å². The van der Waals surface area contributed by atoms with Crippen LogP contribution in [0.4, 0.5) is 5.69 Å². The fraction of sp³-hybridized carbons (Fsp3) is 0.550. The van der Waals surface area contributed by atoms with Gasteiger partial charge in [0.05, 0.1) is 29.6 Å². The molecule has 0 spiro atoms. The monoisotopic (exact) mass is 748 g/mol. The Morgan fingerprint density at radius 2 is 1.88 bits per heavy atom. The van der Waals surface area contributed by atoms with Crippen LogP contribution in [0.25, 0.3) is 0 Å². The Labute approximate surface area is 312 Å². The van der Waals surface area contributed by atoms with E-state index in [-0.39, 0.29) is 60.9 Å². The number of ether oxygens (including phenoxy) is 1. The molecule has 10 nitrogen and oxygen atoms in total. The third-order valence-electron chi connectivity index (χ3n) is 12.2. The minimum Gasteiger partial charge on any atom is -0.483 e. The number of allylic oxidation sites excluding steroid dienone is 1. The first-order valence-corrected chi connectivity index (χ1v) is 20.5. The number of fused-ring (bicyclic) bond motifs is 5. The Bertz CT molecular complexity index is 1900. The zero-order chi connectivity index (χ0) is 36.8. The Hall–Kier alpha value is -3.56. The maximum Gasteiger partial charge on any atom is 0.264 e. The lowest BCUT2D eigenvalue weighted by atomic mass is 9.64. The molecule has 5 aliphatic rings. The number of terminal acetylenes is 1. The lowest BCUT2D eigenvalue weighted by Gasteiger charge is -2.50. The van der Waals surface area contributed by atoms with E-state index in [9.17, 15) is 23.1 Å². The second-order valence-electron chi connectivity index (χ2n) is 15.6. The Morgan fingerprint density at radius 3 is 2.63 bits per heavy atom. The molecular formula is C40H49ClN4O6S. The number of rotatable bonds is 3. The van der Waals surface area contributed by atoms with Gasteiger partial charge in [-0.25, -0.2) is 13.1 Å². The molecule has 3 heterocycles. The van der Waals surface area contributed by atoms with Crippen LogP contribution in [-0.2, 0) is 21.2 Å². The molecule has 2 N–H and O–H groups in total. The van der Waals surface area contributed by atoms with Crippen molar-refractivity contribution in [1.29, 1.82) is 0 Å². The van der Waals surface area contributed by atoms with E-state index in [0.717, 1.165) is 43.4 Å². The number of amides is 2. The normalized spacial score (nSPS) is 32.7. The summed E-state index contributed by atoms with van der Waals surface area (Å²) in [5.41, 5.74) is 2.03. The molecular weight excluding hydrogens is 700 g/mol. The molecule has 2 bridgehead atoms. The fourth-order valence-corrected chi connectivity index (χ4v) is 10.4. The van der Waals surface area contributed by atoms with Crippen LogP contribution in [0.5, 0.6) is 5.75 Å². The Kier molecular flexibility index (Phi) is 10.4. The number of carbonyl (C=O) groups is 2. The first kappa shape index (κ1) is 36.8. The van der Waals surface area contributed by atoms with Gasteiger partial charge in [0, 0.05) is 49.2 Å². The molecule has 2 amide bonds. The number of anilines is 1. The van der Waals surface area contributed by atoms with Crippen molar-refractivity contribution in [3.8, 4) is 18.1 Å². The Morgan fingerprint density at radius 1 is 1.08 bits per heavy atom. The first-order chi connectivity index (χ1) is 24.8. The summed E-state index contributed by atoms with van der Waals surface area (Å²) >= 11 is 6.42. The van der Waals surface area contributed by atoms with Gasteiger partial charge in [0.2, 0.25) is 15.9 Å². The zero-order valence-corrected chi connectivity index (χ0v) is 31.5. The highest BCUT2D eigenvalue weighted by Gasteiger charge is 2.48. The van der Waals surface area contributed by atoms with Crippen LogP contribution in [0.3, 0.4) is 0 Å². The molecule has 0 radical (unpaired) electrons. The maximum atomic E-state index is 13.6. The second-order valence-corrected chi connectivity index (χ2v) is 18.1. The first-order valence-electron chi connectivity index (χ1n) is 18.6. The van der Waals surface area contributed by atoms with Crippen LogP contribution in [0.2, 0.25) is 5.02 Å². The van der Waals surface area contributed by atoms with Crippen LogP contribution in [-0.4, -0.2) is 91.8 Å². The SMILES string of the molecule is C#CCN1CCN(C[C@]2(O)/C=C/C[C@H](C)[C@@H](C)S(=O)(=O)NC(=O)c3ccc4c(c3)N(C[C@H]3CCCc5cc(Cl)ccc5C3O4)C[C@@H]3CC[C@H]32)CC1=O. The molecule has 52 heavy (non-hydrogen) atoms. The van der Waals surface area contributed by atoms with Gasteiger partial charge in [0.25, 0.3) is 5.91 Å². The van der Waals surface area contributed by atoms with E-state index >= 15 is 0 Å². The molecule has 1 saturated heterocycles. The van der Waals surface area contributed by atoms with Crippen molar-refractivity contribution in [1.82, 2.24) is 14.5 Å². The summed E-state index contributed by atoms with van der Waals surface area (Å²) in [4.78, 5) is 32.5. The summed E-state index contributed by atoms with van der Waals surface area (Å²) in [6.07, 6.45) is 14.0. The van der Waals surface area contributed by atoms with Crippen LogP contribution in [0, 0.1) is 36.0 Å². The standard InChI is InChI=1S/C40H49ClN4O6S/c1-4-17-44-19-18-43(24-37(44)46)25-40(48)16-6-7-26(2)27(3)52(49,50)42-39(47)29-11-15-36-35(21-29)45(22-30-10-14-34(30)40)23-31-9-5-8-28-20-32(41)12-13-33(28)38(31)51-36/h1,6,11-13,15-16,20-21,26-27,30-31,34,38,48H,5,7-10,14,17-19,22-25H2,2-3H3,(H,42,47)/b16-6+/t26-,27+,30-,31+,34+,38?,40+/m0/s1. The molecule has 3 aliphatic heterocycles. The second kappa shape index (κ2) is 14.7. The highest BCUT2D eigenvalue weighted by atomic mass is 35.5. The number of hydrogen-bond acceptors (Lipinski definition) is 8. The van der Waals surface area contributed by atoms with Crippen molar-refractivity contribution in [2.75, 3.05) is 50.7 Å². The van der Waals surface area contributed by atoms with E-state index in [0.29, 0.717) is 43.4 Å². The number of nitrogens with zero attached hydrogens (tertiary/aromatic N) is 3. The molecule has 278 valence electrons. The van der Waals surface area contributed by atoms with Gasteiger partial charge >= 0.3 is 0 Å². The van der Waals surface area contributed by atoms with Crippen LogP contribution >= 0.6 is 11.6 Å². The highest BCUT2D eigenvalue weighted by Crippen LogP contribution is 2.48. The van der Waals surface area contributed by atoms with Gasteiger partial charge in [0.15, 0.2) is 0 Å². The number of halogens is 1. The quantitative estimate of drug-likeness (QED) is 0.339. The van der Waals surface area contributed by atoms with E-state index < -0.39 is 26.8 Å². The molecule has 2 aliphatic carbocycles. The summed E-state index contributed by atoms with van der Waals surface area (Å²) in [5.74, 6) is 2.29. The van der Waals surface area contributed by atoms with Crippen molar-refractivity contribution < 1.29 is 27.9 Å². The summed E-state index contributed by atoms with van der Waals surface area (Å²) < 4.78 is 36.2. The molecule has 2 aromatic carbocycles. The molecule has 12 heteroatoms. The third-order valence-corrected chi connectivity index (χ3v) is 14.4. The predicted octanol–water partition coefficient (Wildman–Crippen LogP) is 4.81. The number of piperazine rings is 1. The van der Waals surface area contributed by atoms with Gasteiger partial charge in [-0.1, -0.05) is 42.7 Å². The average Bonchev–Trinajstić information content (AvgIpc) is 3.33. The zero-order valence-electron chi connectivity index (χ0n) is 30.0. The summed E-state index contributed by atoms with van der Waals surface area (Å²) in [6.45, 7) is 6.56. The number of aliphatic hydroxyl groups is 1. The van der Waals surface area contributed by atoms with Crippen LogP contribution in [0.15, 0.2) is 48.6 Å². The van der Waals surface area contributed by atoms with Gasteiger partial charge < -0.3 is 19.6 Å². The minimum absolute atomic E-state index is 0.0522. The molecule has 7 rings (SSSR count). The number of hydrogen-bond donors (Lipinski definition) is 2. The molecule has 1 unspecified atom stereocenters. The van der Waals surface area contributed by atoms with Gasteiger partial charge in [-0.15, -0.1) is 6.42 Å². The third kappa shape index (κ3) is 7.32. The number of carbonyl (C=O) groups excluding carboxylic acids is 2. The largest absolute Gasteiger partial charge is 0.483 e. The number of aryl methyl sites for hydroxylation is 1. The van der Waals surface area contributed by atoms with Crippen molar-refractivity contribution in [3.63, 3.8) is 0 Å². The molecule has 2 aromatic rings. The fourth-order valence-electron chi connectivity index (χ4n) is 8.89. The molecule has 2 fully saturated rings. The number of nitrogens with one attached hydrogen (secondary N) is 1. The summed E-state index contributed by atoms with van der Waals surface area (Å²) in [7, 11) is -4.03. The lowest BCUT2D eigenvalue weighted by molar-refractivity contribution is -0.137. The number of benzene rings is 2. The van der Waals surface area contributed by atoms with Crippen molar-refractivity contribution in [2.45, 2.75) is 69.3 Å². The van der Waals surface area contributed by atoms with E-state index in [2.05, 4.69) is 21.6 Å². The summed E-state index contributed by atoms with van der Waals surface area (Å²) in [6, 6.07) is 11.2. The highest BCUT2D eigenvalue weighted by molar-refractivity contribution is 7.90. The van der Waals surface area contributed by atoms with Crippen molar-refractivity contribution in [3.05, 3.63) is 70.3 Å². The van der Waals surface area contributed by atoms with Crippen LogP contribution < -0.4 is 14.4 Å². The topological polar surface area (TPSA) is 119 Å². The molecule has 1 saturated carbocycles. The maximum absolute atomic E-state index is 13.6. The lowest BCUT2D eigenvalue weighted by Crippen LogP contribution is -2.59. The van der Waals surface area contributed by atoms with Gasteiger partial charge in [0.1, 0.15) is 11.9 Å². The van der Waals surface area contributed by atoms with E-state index in [1.54, 1.807) is 30.0 Å². The van der Waals surface area contributed by atoms with Crippen molar-refractivity contribution >= 4 is 39.1 Å². The minimum atomic E-state index is -4.03. The average molecular weight is 749 g/mol. The molecule has 0 aromatic heterocycles. The summed E-state index contributed by atoms with van der Waals surface area (Å²) in [5, 5.41) is 12.5. The number of β-amino-alcohol motifs (C(OH)–C–C–N with tert-alkyl or cyclic N) is 1. The van der Waals surface area contributed by atoms with E-state index in [1.807, 2.05) is 36.1 Å². The van der Waals surface area contributed by atoms with E-state index in [1.165, 1.54) is 5.56 Å². The van der Waals surface area contributed by atoms with Gasteiger partial charge in [-0.05, 0) is 105 Å². The van der Waals surface area contributed by atoms with Crippen molar-refractivity contribution in [2.24, 2.45) is 23.7 Å². The smallest absolute Gasteiger partial charge is 0.264 e. The van der Waals surface area contributed by atoms with Crippen LogP contribution in [0.1, 0.15) is 73.5 Å². The van der Waals surface area contributed by atoms with E-state index in [4.69, 9.17) is 22.8 Å². The Balaban J connectivity index is 1.26. The molecule has 7 atom stereocenters. The van der Waals surface area contributed by atoms with Gasteiger partial charge in [-0.2, -0.15) is 0 Å². The number of sulfonamides is 1. The predicted molar refractivity (Wildman–Crippen MR) is 202 cm³/mol.